The molecule has 3 heteroatoms. The summed E-state index contributed by atoms with van der Waals surface area (Å²) >= 11 is 0. The van der Waals surface area contributed by atoms with Crippen molar-refractivity contribution in [3.63, 3.8) is 0 Å². The Morgan fingerprint density at radius 2 is 1.75 bits per heavy atom. The van der Waals surface area contributed by atoms with E-state index in [1.807, 2.05) is 74.5 Å². The number of para-hydroxylation sites is 1. The predicted molar refractivity (Wildman–Crippen MR) is 100 cm³/mol. The van der Waals surface area contributed by atoms with E-state index in [0.717, 1.165) is 28.9 Å². The fourth-order valence-electron chi connectivity index (χ4n) is 2.02. The lowest BCUT2D eigenvalue weighted by Crippen LogP contribution is -1.97. The first-order valence-corrected chi connectivity index (χ1v) is 7.86. The van der Waals surface area contributed by atoms with Crippen molar-refractivity contribution in [2.24, 2.45) is 0 Å². The zero-order valence-corrected chi connectivity index (χ0v) is 14.4. The summed E-state index contributed by atoms with van der Waals surface area (Å²) in [7, 11) is 1.65. The summed E-state index contributed by atoms with van der Waals surface area (Å²) in [6.07, 6.45) is 8.01. The maximum Gasteiger partial charge on any atom is 0.168 e. The molecule has 0 N–H and O–H groups in total. The van der Waals surface area contributed by atoms with Crippen LogP contribution in [0.15, 0.2) is 60.7 Å². The Balaban J connectivity index is 0.000000254. The van der Waals surface area contributed by atoms with E-state index in [1.54, 1.807) is 13.2 Å². The number of methoxy groups -OCH3 is 1. The fraction of sp³-hybridized carbons (Fsp3) is 0.190. The summed E-state index contributed by atoms with van der Waals surface area (Å²) < 4.78 is 10.8. The van der Waals surface area contributed by atoms with E-state index in [1.165, 1.54) is 6.08 Å². The molecule has 3 nitrogen and oxygen atoms in total. The van der Waals surface area contributed by atoms with E-state index < -0.39 is 0 Å². The van der Waals surface area contributed by atoms with Gasteiger partial charge in [-0.15, -0.1) is 0 Å². The molecule has 2 aromatic rings. The monoisotopic (exact) mass is 324 g/mol. The summed E-state index contributed by atoms with van der Waals surface area (Å²) in [6.45, 7) is 4.59. The lowest BCUT2D eigenvalue weighted by molar-refractivity contribution is -0.104. The van der Waals surface area contributed by atoms with Gasteiger partial charge in [-0.1, -0.05) is 60.7 Å². The molecule has 0 amide bonds. The molecule has 0 radical (unpaired) electrons. The van der Waals surface area contributed by atoms with Gasteiger partial charge in [0.2, 0.25) is 0 Å². The average Bonchev–Trinajstić information content (AvgIpc) is 2.63. The normalized spacial score (nSPS) is 10.3. The third-order valence-electron chi connectivity index (χ3n) is 3.03. The van der Waals surface area contributed by atoms with Crippen molar-refractivity contribution in [3.8, 4) is 11.5 Å². The first-order chi connectivity index (χ1) is 11.8. The first kappa shape index (κ1) is 19.2. The Morgan fingerprint density at radius 3 is 2.33 bits per heavy atom. The van der Waals surface area contributed by atoms with Crippen LogP contribution < -0.4 is 9.47 Å². The zero-order chi connectivity index (χ0) is 17.6. The van der Waals surface area contributed by atoms with E-state index >= 15 is 0 Å². The van der Waals surface area contributed by atoms with Crippen LogP contribution >= 0.6 is 0 Å². The molecule has 0 atom stereocenters. The Morgan fingerprint density at radius 1 is 1.00 bits per heavy atom. The zero-order valence-electron chi connectivity index (χ0n) is 14.4. The van der Waals surface area contributed by atoms with Crippen molar-refractivity contribution in [1.82, 2.24) is 0 Å². The van der Waals surface area contributed by atoms with Gasteiger partial charge in [0, 0.05) is 5.56 Å². The molecule has 2 rings (SSSR count). The second kappa shape index (κ2) is 11.7. The number of ether oxygens (including phenoxy) is 2. The summed E-state index contributed by atoms with van der Waals surface area (Å²) in [5, 5.41) is 0. The topological polar surface area (TPSA) is 35.5 Å². The van der Waals surface area contributed by atoms with Crippen LogP contribution in [0.2, 0.25) is 0 Å². The molecule has 0 saturated heterocycles. The molecule has 0 saturated carbocycles. The molecular formula is C21H24O3. The van der Waals surface area contributed by atoms with E-state index in [-0.39, 0.29) is 0 Å². The van der Waals surface area contributed by atoms with E-state index in [0.29, 0.717) is 6.61 Å². The fourth-order valence-corrected chi connectivity index (χ4v) is 2.02. The summed E-state index contributed by atoms with van der Waals surface area (Å²) in [6, 6.07) is 15.6. The van der Waals surface area contributed by atoms with Crippen LogP contribution in [0.5, 0.6) is 11.5 Å². The van der Waals surface area contributed by atoms with Gasteiger partial charge in [-0.25, -0.2) is 0 Å². The minimum atomic E-state index is 0.644. The smallest absolute Gasteiger partial charge is 0.168 e. The second-order valence-corrected chi connectivity index (χ2v) is 4.72. The average molecular weight is 324 g/mol. The lowest BCUT2D eigenvalue weighted by atomic mass is 10.1. The molecule has 0 spiro atoms. The highest BCUT2D eigenvalue weighted by Gasteiger charge is 2.06. The van der Waals surface area contributed by atoms with Crippen LogP contribution in [0.25, 0.3) is 12.2 Å². The van der Waals surface area contributed by atoms with Crippen molar-refractivity contribution in [2.45, 2.75) is 13.8 Å². The van der Waals surface area contributed by atoms with E-state index in [9.17, 15) is 4.79 Å². The molecule has 0 aliphatic rings. The third kappa shape index (κ3) is 6.53. The molecule has 126 valence electrons. The third-order valence-corrected chi connectivity index (χ3v) is 3.03. The van der Waals surface area contributed by atoms with Crippen LogP contribution in [0.4, 0.5) is 0 Å². The van der Waals surface area contributed by atoms with Crippen molar-refractivity contribution in [1.29, 1.82) is 0 Å². The number of benzene rings is 2. The van der Waals surface area contributed by atoms with Crippen molar-refractivity contribution >= 4 is 18.4 Å². The van der Waals surface area contributed by atoms with Gasteiger partial charge in [0.05, 0.1) is 13.7 Å². The number of aldehydes is 1. The number of hydrogen-bond donors (Lipinski definition) is 0. The van der Waals surface area contributed by atoms with Crippen LogP contribution in [-0.4, -0.2) is 20.0 Å². The van der Waals surface area contributed by atoms with E-state index in [2.05, 4.69) is 0 Å². The Hall–Kier alpha value is -2.81. The molecule has 0 aromatic heterocycles. The van der Waals surface area contributed by atoms with Crippen molar-refractivity contribution < 1.29 is 14.3 Å². The van der Waals surface area contributed by atoms with Crippen LogP contribution in [-0.2, 0) is 4.79 Å². The Labute approximate surface area is 144 Å². The quantitative estimate of drug-likeness (QED) is 0.552. The second-order valence-electron chi connectivity index (χ2n) is 4.72. The summed E-state index contributed by atoms with van der Waals surface area (Å²) in [5.41, 5.74) is 2.10. The van der Waals surface area contributed by atoms with Gasteiger partial charge in [-0.05, 0) is 31.6 Å². The molecule has 0 unspecified atom stereocenters. The standard InChI is InChI=1S/C12H16O2.C9H8O/c1-4-7-10-8-6-9-11(13-3)12(10)14-5-2;10-8-4-7-9-5-2-1-3-6-9/h4,6-9H,5H2,1-3H3;1-8H. The van der Waals surface area contributed by atoms with Crippen molar-refractivity contribution in [3.05, 3.63) is 71.8 Å². The molecule has 0 aliphatic heterocycles. The highest BCUT2D eigenvalue weighted by atomic mass is 16.5. The number of rotatable bonds is 6. The molecule has 0 aliphatic carbocycles. The van der Waals surface area contributed by atoms with Gasteiger partial charge >= 0.3 is 0 Å². The van der Waals surface area contributed by atoms with Gasteiger partial charge in [-0.3, -0.25) is 4.79 Å². The highest BCUT2D eigenvalue weighted by molar-refractivity contribution is 5.73. The van der Waals surface area contributed by atoms with Gasteiger partial charge in [-0.2, -0.15) is 0 Å². The van der Waals surface area contributed by atoms with Gasteiger partial charge < -0.3 is 9.47 Å². The molecule has 0 bridgehead atoms. The van der Waals surface area contributed by atoms with E-state index in [4.69, 9.17) is 9.47 Å². The predicted octanol–water partition coefficient (Wildman–Crippen LogP) is 5.03. The largest absolute Gasteiger partial charge is 0.493 e. The Bertz CT molecular complexity index is 658. The maximum atomic E-state index is 9.89. The molecular weight excluding hydrogens is 300 g/mol. The first-order valence-electron chi connectivity index (χ1n) is 7.86. The summed E-state index contributed by atoms with van der Waals surface area (Å²) in [5.74, 6) is 1.60. The minimum Gasteiger partial charge on any atom is -0.493 e. The van der Waals surface area contributed by atoms with Crippen LogP contribution in [0.3, 0.4) is 0 Å². The van der Waals surface area contributed by atoms with Crippen LogP contribution in [0.1, 0.15) is 25.0 Å². The van der Waals surface area contributed by atoms with Gasteiger partial charge in [0.15, 0.2) is 11.5 Å². The van der Waals surface area contributed by atoms with Crippen molar-refractivity contribution in [2.75, 3.05) is 13.7 Å². The molecule has 0 fully saturated rings. The molecule has 0 heterocycles. The molecule has 24 heavy (non-hydrogen) atoms. The number of carbonyl (C=O) groups excluding carboxylic acids is 1. The highest BCUT2D eigenvalue weighted by Crippen LogP contribution is 2.31. The summed E-state index contributed by atoms with van der Waals surface area (Å²) in [4.78, 5) is 9.89. The molecule has 2 aromatic carbocycles. The lowest BCUT2D eigenvalue weighted by Gasteiger charge is -2.11. The Kier molecular flexibility index (Phi) is 9.39. The number of allylic oxidation sites excluding steroid dienone is 2. The van der Waals surface area contributed by atoms with Gasteiger partial charge in [0.1, 0.15) is 6.29 Å². The number of hydrogen-bond acceptors (Lipinski definition) is 3. The SMILES string of the molecule is CC=Cc1cccc(OC)c1OCC.O=CC=Cc1ccccc1. The van der Waals surface area contributed by atoms with Gasteiger partial charge in [0.25, 0.3) is 0 Å². The van der Waals surface area contributed by atoms with Crippen LogP contribution in [0, 0.1) is 0 Å². The maximum absolute atomic E-state index is 9.89. The number of carbonyl (C=O) groups is 1. The minimum absolute atomic E-state index is 0.644.